The van der Waals surface area contributed by atoms with Crippen LogP contribution in [0.4, 0.5) is 4.79 Å². The van der Waals surface area contributed by atoms with Gasteiger partial charge in [0.05, 0.1) is 47.8 Å². The summed E-state index contributed by atoms with van der Waals surface area (Å²) in [6.07, 6.45) is 9.12. The van der Waals surface area contributed by atoms with E-state index in [0.29, 0.717) is 12.6 Å². The molecule has 11 heteroatoms. The lowest BCUT2D eigenvalue weighted by molar-refractivity contribution is -0.135. The van der Waals surface area contributed by atoms with E-state index >= 15 is 0 Å². The van der Waals surface area contributed by atoms with E-state index in [0.717, 1.165) is 94.6 Å². The van der Waals surface area contributed by atoms with Gasteiger partial charge in [0.1, 0.15) is 17.7 Å². The smallest absolute Gasteiger partial charge is 0.407 e. The van der Waals surface area contributed by atoms with Gasteiger partial charge in [0, 0.05) is 29.3 Å². The van der Waals surface area contributed by atoms with Crippen molar-refractivity contribution in [3.05, 3.63) is 66.5 Å². The van der Waals surface area contributed by atoms with Crippen LogP contribution in [0.3, 0.4) is 0 Å². The summed E-state index contributed by atoms with van der Waals surface area (Å²) < 4.78 is 4.78. The molecule has 3 aromatic heterocycles. The number of aromatic amines is 2. The number of aromatic nitrogens is 5. The molecule has 0 unspecified atom stereocenters. The number of imidazole rings is 2. The minimum atomic E-state index is -0.571. The summed E-state index contributed by atoms with van der Waals surface area (Å²) in [7, 11) is 1.32. The Kier molecular flexibility index (Phi) is 6.97. The molecule has 0 spiro atoms. The van der Waals surface area contributed by atoms with Crippen LogP contribution < -0.4 is 10.6 Å². The molecule has 1 aliphatic carbocycles. The van der Waals surface area contributed by atoms with Crippen molar-refractivity contribution in [3.8, 4) is 22.5 Å². The number of fused-ring (bicyclic) bond motifs is 2. The van der Waals surface area contributed by atoms with Crippen LogP contribution in [0.2, 0.25) is 0 Å². The number of hydrogen-bond donors (Lipinski definition) is 4. The molecule has 3 aliphatic rings. The van der Waals surface area contributed by atoms with E-state index in [2.05, 4.69) is 55.9 Å². The molecular formula is C34H36N8O3. The number of amides is 2. The van der Waals surface area contributed by atoms with Crippen LogP contribution in [-0.2, 0) is 9.53 Å². The predicted octanol–water partition coefficient (Wildman–Crippen LogP) is 5.39. The van der Waals surface area contributed by atoms with Crippen LogP contribution in [0.25, 0.3) is 44.3 Å². The predicted molar refractivity (Wildman–Crippen MR) is 170 cm³/mol. The van der Waals surface area contributed by atoms with E-state index in [1.54, 1.807) is 0 Å². The fraction of sp³-hybridized carbons (Fsp3) is 0.382. The lowest BCUT2D eigenvalue weighted by Crippen LogP contribution is -2.49. The molecule has 45 heavy (non-hydrogen) atoms. The second-order valence-corrected chi connectivity index (χ2v) is 12.5. The first kappa shape index (κ1) is 27.8. The van der Waals surface area contributed by atoms with Gasteiger partial charge in [0.15, 0.2) is 0 Å². The van der Waals surface area contributed by atoms with Crippen molar-refractivity contribution < 1.29 is 14.3 Å². The average molecular weight is 605 g/mol. The quantitative estimate of drug-likeness (QED) is 0.195. The van der Waals surface area contributed by atoms with Gasteiger partial charge in [0.25, 0.3) is 0 Å². The van der Waals surface area contributed by atoms with Crippen LogP contribution in [0.15, 0.2) is 54.9 Å². The highest BCUT2D eigenvalue weighted by molar-refractivity contribution is 5.90. The van der Waals surface area contributed by atoms with Gasteiger partial charge < -0.3 is 30.2 Å². The van der Waals surface area contributed by atoms with E-state index in [4.69, 9.17) is 14.7 Å². The first-order valence-electron chi connectivity index (χ1n) is 15.9. The Morgan fingerprint density at radius 2 is 1.82 bits per heavy atom. The van der Waals surface area contributed by atoms with Crippen molar-refractivity contribution >= 4 is 33.8 Å². The lowest BCUT2D eigenvalue weighted by atomic mass is 10.0. The number of rotatable bonds is 7. The van der Waals surface area contributed by atoms with Gasteiger partial charge in [0.2, 0.25) is 5.91 Å². The summed E-state index contributed by atoms with van der Waals surface area (Å²) in [4.78, 5) is 48.7. The third kappa shape index (κ3) is 5.31. The minimum Gasteiger partial charge on any atom is -0.453 e. The standard InChI is InChI=1S/C34H36N8O3/c1-45-34(44)41-30(19-6-7-19)33(43)42-13-3-5-29(42)32-38-24-11-10-22(16-27(24)39-32)26-15-20-8-9-21(14-23(20)17-36-26)28-18-37-31(40-28)25-4-2-12-35-25/h8-11,14-19,25,29-30,35H,2-7,12-13H2,1H3,(H,37,40)(H,38,39)(H,41,44)/t25-,29-,30-/m0/s1. The van der Waals surface area contributed by atoms with Gasteiger partial charge in [-0.1, -0.05) is 18.2 Å². The highest BCUT2D eigenvalue weighted by atomic mass is 16.5. The Bertz CT molecular complexity index is 1900. The maximum atomic E-state index is 13.6. The third-order valence-electron chi connectivity index (χ3n) is 9.48. The van der Waals surface area contributed by atoms with Crippen molar-refractivity contribution in [3.63, 3.8) is 0 Å². The second-order valence-electron chi connectivity index (χ2n) is 12.5. The number of alkyl carbamates (subject to hydrolysis) is 1. The van der Waals surface area contributed by atoms with E-state index in [-0.39, 0.29) is 17.9 Å². The summed E-state index contributed by atoms with van der Waals surface area (Å²) in [5, 5.41) is 8.44. The molecule has 2 aliphatic heterocycles. The Hall–Kier alpha value is -4.77. The first-order chi connectivity index (χ1) is 22.0. The van der Waals surface area contributed by atoms with Gasteiger partial charge in [-0.3, -0.25) is 9.78 Å². The normalized spacial score (nSPS) is 20.6. The van der Waals surface area contributed by atoms with Crippen LogP contribution in [0.1, 0.15) is 62.3 Å². The summed E-state index contributed by atoms with van der Waals surface area (Å²) in [6.45, 7) is 1.68. The maximum absolute atomic E-state index is 13.6. The van der Waals surface area contributed by atoms with Crippen molar-refractivity contribution in [1.29, 1.82) is 0 Å². The molecule has 5 aromatic rings. The van der Waals surface area contributed by atoms with Crippen LogP contribution in [0, 0.1) is 5.92 Å². The third-order valence-corrected chi connectivity index (χ3v) is 9.48. The number of methoxy groups -OCH3 is 1. The molecule has 0 radical (unpaired) electrons. The number of carbonyl (C=O) groups excluding carboxylic acids is 2. The molecule has 3 atom stereocenters. The number of H-pyrrole nitrogens is 2. The Morgan fingerprint density at radius 3 is 2.64 bits per heavy atom. The van der Waals surface area contributed by atoms with Gasteiger partial charge >= 0.3 is 6.09 Å². The largest absolute Gasteiger partial charge is 0.453 e. The highest BCUT2D eigenvalue weighted by Crippen LogP contribution is 2.38. The fourth-order valence-electron chi connectivity index (χ4n) is 6.88. The minimum absolute atomic E-state index is 0.0612. The number of likely N-dealkylation sites (tertiary alicyclic amines) is 1. The van der Waals surface area contributed by atoms with Gasteiger partial charge in [-0.2, -0.15) is 0 Å². The molecule has 2 amide bonds. The van der Waals surface area contributed by atoms with Crippen molar-refractivity contribution in [1.82, 2.24) is 40.5 Å². The maximum Gasteiger partial charge on any atom is 0.407 e. The molecule has 2 saturated heterocycles. The van der Waals surface area contributed by atoms with Crippen molar-refractivity contribution in [2.75, 3.05) is 20.2 Å². The molecular weight excluding hydrogens is 568 g/mol. The van der Waals surface area contributed by atoms with E-state index in [1.807, 2.05) is 29.4 Å². The number of benzene rings is 2. The molecule has 4 N–H and O–H groups in total. The summed E-state index contributed by atoms with van der Waals surface area (Å²) in [6, 6.07) is 14.2. The Morgan fingerprint density at radius 1 is 0.933 bits per heavy atom. The van der Waals surface area contributed by atoms with Crippen LogP contribution in [-0.4, -0.2) is 68.1 Å². The van der Waals surface area contributed by atoms with Gasteiger partial charge in [-0.15, -0.1) is 0 Å². The van der Waals surface area contributed by atoms with Crippen molar-refractivity contribution in [2.24, 2.45) is 5.92 Å². The summed E-state index contributed by atoms with van der Waals surface area (Å²) in [5.74, 6) is 1.87. The van der Waals surface area contributed by atoms with Crippen LogP contribution in [0.5, 0.6) is 0 Å². The van der Waals surface area contributed by atoms with E-state index in [9.17, 15) is 9.59 Å². The number of pyridine rings is 1. The Balaban J connectivity index is 1.02. The number of carbonyl (C=O) groups is 2. The fourth-order valence-corrected chi connectivity index (χ4v) is 6.88. The van der Waals surface area contributed by atoms with E-state index in [1.165, 1.54) is 13.5 Å². The zero-order valence-corrected chi connectivity index (χ0v) is 25.2. The number of nitrogens with one attached hydrogen (secondary N) is 4. The molecule has 2 aromatic carbocycles. The molecule has 0 bridgehead atoms. The highest BCUT2D eigenvalue weighted by Gasteiger charge is 2.43. The van der Waals surface area contributed by atoms with E-state index < -0.39 is 12.1 Å². The molecule has 230 valence electrons. The molecule has 8 rings (SSSR count). The topological polar surface area (TPSA) is 141 Å². The zero-order chi connectivity index (χ0) is 30.5. The number of nitrogens with zero attached hydrogens (tertiary/aromatic N) is 4. The van der Waals surface area contributed by atoms with Gasteiger partial charge in [-0.25, -0.2) is 14.8 Å². The summed E-state index contributed by atoms with van der Waals surface area (Å²) in [5.41, 5.74) is 5.71. The lowest BCUT2D eigenvalue weighted by Gasteiger charge is -2.28. The van der Waals surface area contributed by atoms with Gasteiger partial charge in [-0.05, 0) is 80.6 Å². The SMILES string of the molecule is COC(=O)N[C@H](C(=O)N1CCC[C@H]1c1nc2ccc(-c3cc4ccc(-c5cnc([C@@H]6CCCN6)[nH]5)cc4cn3)cc2[nH]1)C1CC1. The molecule has 11 nitrogen and oxygen atoms in total. The van der Waals surface area contributed by atoms with Crippen LogP contribution >= 0.6 is 0 Å². The van der Waals surface area contributed by atoms with Crippen molar-refractivity contribution in [2.45, 2.75) is 56.7 Å². The number of ether oxygens (including phenoxy) is 1. The molecule has 5 heterocycles. The Labute approximate surface area is 260 Å². The average Bonchev–Trinajstić information content (AvgIpc) is 3.55. The second kappa shape index (κ2) is 11.3. The number of hydrogen-bond acceptors (Lipinski definition) is 7. The monoisotopic (exact) mass is 604 g/mol. The summed E-state index contributed by atoms with van der Waals surface area (Å²) >= 11 is 0. The molecule has 1 saturated carbocycles. The molecule has 3 fully saturated rings. The first-order valence-corrected chi connectivity index (χ1v) is 15.9. The zero-order valence-electron chi connectivity index (χ0n) is 25.2.